The van der Waals surface area contributed by atoms with Crippen molar-refractivity contribution >= 4 is 29.2 Å². The molecule has 0 radical (unpaired) electrons. The van der Waals surface area contributed by atoms with Crippen LogP contribution in [0.5, 0.6) is 5.75 Å². The number of benzene rings is 1. The molecule has 0 bridgehead atoms. The van der Waals surface area contributed by atoms with E-state index >= 15 is 0 Å². The lowest BCUT2D eigenvalue weighted by Crippen LogP contribution is -2.08. The minimum atomic E-state index is -0.505. The molecule has 0 saturated heterocycles. The van der Waals surface area contributed by atoms with Crippen molar-refractivity contribution in [2.45, 2.75) is 6.92 Å². The van der Waals surface area contributed by atoms with Gasteiger partial charge in [0.15, 0.2) is 0 Å². The third-order valence-electron chi connectivity index (χ3n) is 1.45. The molecule has 0 aromatic heterocycles. The fraction of sp³-hybridized carbons (Fsp3) is 0.100. The Hall–Kier alpha value is -0.990. The number of carbonyl (C=O) groups is 1. The standard InChI is InChI=1S/C10H8Cl2O2/c1-6(2)10(13)14-9-4-3-7(11)5-8(9)12/h3-5H,1H2,2H3. The summed E-state index contributed by atoms with van der Waals surface area (Å²) in [5.41, 5.74) is 0.316. The van der Waals surface area contributed by atoms with Crippen LogP contribution in [0.1, 0.15) is 6.92 Å². The molecule has 0 N–H and O–H groups in total. The molecular formula is C10H8Cl2O2. The van der Waals surface area contributed by atoms with Gasteiger partial charge in [-0.25, -0.2) is 4.79 Å². The quantitative estimate of drug-likeness (QED) is 0.442. The summed E-state index contributed by atoms with van der Waals surface area (Å²) in [4.78, 5) is 11.1. The average Bonchev–Trinajstić information content (AvgIpc) is 2.09. The smallest absolute Gasteiger partial charge is 0.338 e. The molecule has 0 amide bonds. The number of hydrogen-bond acceptors (Lipinski definition) is 2. The summed E-state index contributed by atoms with van der Waals surface area (Å²) in [7, 11) is 0. The Balaban J connectivity index is 2.87. The maximum atomic E-state index is 11.1. The fourth-order valence-electron chi connectivity index (χ4n) is 0.745. The van der Waals surface area contributed by atoms with Crippen molar-refractivity contribution in [3.63, 3.8) is 0 Å². The van der Waals surface area contributed by atoms with Crippen LogP contribution in [0.3, 0.4) is 0 Å². The molecule has 0 fully saturated rings. The van der Waals surface area contributed by atoms with E-state index in [1.165, 1.54) is 12.1 Å². The Morgan fingerprint density at radius 2 is 2.07 bits per heavy atom. The van der Waals surface area contributed by atoms with Crippen LogP contribution in [-0.2, 0) is 4.79 Å². The second-order valence-corrected chi connectivity index (χ2v) is 3.59. The third-order valence-corrected chi connectivity index (χ3v) is 1.98. The molecule has 14 heavy (non-hydrogen) atoms. The summed E-state index contributed by atoms with van der Waals surface area (Å²) in [5.74, 6) is -0.224. The normalized spacial score (nSPS) is 9.64. The highest BCUT2D eigenvalue weighted by atomic mass is 35.5. The zero-order valence-electron chi connectivity index (χ0n) is 7.51. The number of rotatable bonds is 2. The number of ether oxygens (including phenoxy) is 1. The maximum Gasteiger partial charge on any atom is 0.338 e. The first-order valence-corrected chi connectivity index (χ1v) is 4.59. The Morgan fingerprint density at radius 3 is 2.57 bits per heavy atom. The number of halogens is 2. The minimum Gasteiger partial charge on any atom is -0.422 e. The predicted molar refractivity (Wildman–Crippen MR) is 56.9 cm³/mol. The van der Waals surface area contributed by atoms with Gasteiger partial charge in [0.1, 0.15) is 5.75 Å². The lowest BCUT2D eigenvalue weighted by molar-refractivity contribution is -0.130. The number of esters is 1. The van der Waals surface area contributed by atoms with Gasteiger partial charge in [-0.15, -0.1) is 0 Å². The predicted octanol–water partition coefficient (Wildman–Crippen LogP) is 3.47. The van der Waals surface area contributed by atoms with Crippen molar-refractivity contribution in [2.24, 2.45) is 0 Å². The molecule has 74 valence electrons. The van der Waals surface area contributed by atoms with E-state index in [-0.39, 0.29) is 5.75 Å². The van der Waals surface area contributed by atoms with E-state index in [4.69, 9.17) is 27.9 Å². The fourth-order valence-corrected chi connectivity index (χ4v) is 1.19. The van der Waals surface area contributed by atoms with Gasteiger partial charge < -0.3 is 4.74 Å². The van der Waals surface area contributed by atoms with Crippen LogP contribution in [0, 0.1) is 0 Å². The van der Waals surface area contributed by atoms with Crippen LogP contribution in [0.25, 0.3) is 0 Å². The van der Waals surface area contributed by atoms with Gasteiger partial charge in [-0.05, 0) is 25.1 Å². The van der Waals surface area contributed by atoms with Crippen molar-refractivity contribution in [1.29, 1.82) is 0 Å². The highest BCUT2D eigenvalue weighted by Gasteiger charge is 2.08. The third kappa shape index (κ3) is 2.76. The van der Waals surface area contributed by atoms with Crippen molar-refractivity contribution in [1.82, 2.24) is 0 Å². The Kier molecular flexibility index (Phi) is 3.55. The minimum absolute atomic E-state index is 0.282. The lowest BCUT2D eigenvalue weighted by Gasteiger charge is -2.05. The first-order chi connectivity index (χ1) is 6.50. The van der Waals surface area contributed by atoms with E-state index in [9.17, 15) is 4.79 Å². The highest BCUT2D eigenvalue weighted by molar-refractivity contribution is 6.35. The van der Waals surface area contributed by atoms with Crippen LogP contribution < -0.4 is 4.74 Å². The molecule has 0 aliphatic rings. The molecule has 0 aliphatic carbocycles. The zero-order chi connectivity index (χ0) is 10.7. The van der Waals surface area contributed by atoms with Gasteiger partial charge in [0.25, 0.3) is 0 Å². The Labute approximate surface area is 92.1 Å². The average molecular weight is 231 g/mol. The monoisotopic (exact) mass is 230 g/mol. The molecule has 0 heterocycles. The van der Waals surface area contributed by atoms with Gasteiger partial charge in [0.05, 0.1) is 5.02 Å². The van der Waals surface area contributed by atoms with Gasteiger partial charge >= 0.3 is 5.97 Å². The van der Waals surface area contributed by atoms with Crippen molar-refractivity contribution in [3.8, 4) is 5.75 Å². The number of carbonyl (C=O) groups excluding carboxylic acids is 1. The van der Waals surface area contributed by atoms with E-state index in [0.717, 1.165) is 0 Å². The van der Waals surface area contributed by atoms with Gasteiger partial charge in [0, 0.05) is 10.6 Å². The maximum absolute atomic E-state index is 11.1. The second kappa shape index (κ2) is 4.49. The van der Waals surface area contributed by atoms with E-state index in [2.05, 4.69) is 6.58 Å². The van der Waals surface area contributed by atoms with Crippen LogP contribution in [0.15, 0.2) is 30.4 Å². The molecule has 0 saturated carbocycles. The van der Waals surface area contributed by atoms with Crippen molar-refractivity contribution in [2.75, 3.05) is 0 Å². The van der Waals surface area contributed by atoms with Crippen molar-refractivity contribution in [3.05, 3.63) is 40.4 Å². The zero-order valence-corrected chi connectivity index (χ0v) is 9.02. The van der Waals surface area contributed by atoms with E-state index in [0.29, 0.717) is 15.6 Å². The summed E-state index contributed by atoms with van der Waals surface area (Å²) in [5, 5.41) is 0.789. The topological polar surface area (TPSA) is 26.3 Å². The van der Waals surface area contributed by atoms with Gasteiger partial charge in [-0.3, -0.25) is 0 Å². The summed E-state index contributed by atoms with van der Waals surface area (Å²) < 4.78 is 4.93. The number of hydrogen-bond donors (Lipinski definition) is 0. The van der Waals surface area contributed by atoms with Crippen molar-refractivity contribution < 1.29 is 9.53 Å². The SMILES string of the molecule is C=C(C)C(=O)Oc1ccc(Cl)cc1Cl. The van der Waals surface area contributed by atoms with Crippen LogP contribution in [0.2, 0.25) is 10.0 Å². The summed E-state index contributed by atoms with van der Waals surface area (Å²) in [6.07, 6.45) is 0. The molecule has 0 aliphatic heterocycles. The molecule has 0 unspecified atom stereocenters. The molecular weight excluding hydrogens is 223 g/mol. The summed E-state index contributed by atoms with van der Waals surface area (Å²) in [6.45, 7) is 5.02. The Bertz CT molecular complexity index is 386. The van der Waals surface area contributed by atoms with Gasteiger partial charge in [-0.2, -0.15) is 0 Å². The first-order valence-electron chi connectivity index (χ1n) is 3.83. The van der Waals surface area contributed by atoms with Crippen LogP contribution in [0.4, 0.5) is 0 Å². The Morgan fingerprint density at radius 1 is 1.43 bits per heavy atom. The summed E-state index contributed by atoms with van der Waals surface area (Å²) in [6, 6.07) is 4.63. The van der Waals surface area contributed by atoms with Gasteiger partial charge in [-0.1, -0.05) is 29.8 Å². The second-order valence-electron chi connectivity index (χ2n) is 2.74. The first kappa shape index (κ1) is 11.1. The highest BCUT2D eigenvalue weighted by Crippen LogP contribution is 2.27. The van der Waals surface area contributed by atoms with Gasteiger partial charge in [0.2, 0.25) is 0 Å². The molecule has 1 rings (SSSR count). The molecule has 1 aromatic carbocycles. The molecule has 1 aromatic rings. The van der Waals surface area contributed by atoms with E-state index in [1.54, 1.807) is 13.0 Å². The molecule has 4 heteroatoms. The van der Waals surface area contributed by atoms with E-state index in [1.807, 2.05) is 0 Å². The summed E-state index contributed by atoms with van der Waals surface area (Å²) >= 11 is 11.5. The molecule has 2 nitrogen and oxygen atoms in total. The van der Waals surface area contributed by atoms with Crippen LogP contribution >= 0.6 is 23.2 Å². The largest absolute Gasteiger partial charge is 0.422 e. The van der Waals surface area contributed by atoms with Crippen LogP contribution in [-0.4, -0.2) is 5.97 Å². The molecule has 0 atom stereocenters. The lowest BCUT2D eigenvalue weighted by atomic mass is 10.3. The molecule has 0 spiro atoms. The van der Waals surface area contributed by atoms with E-state index < -0.39 is 5.97 Å².